The van der Waals surface area contributed by atoms with Crippen molar-refractivity contribution in [2.45, 2.75) is 26.2 Å². The number of amides is 1. The average molecular weight is 389 g/mol. The molecule has 1 aromatic rings. The molecule has 1 fully saturated rings. The monoisotopic (exact) mass is 387 g/mol. The molecule has 2 atom stereocenters. The number of aliphatic carboxylic acids is 1. The normalized spacial score (nSPS) is 21.7. The van der Waals surface area contributed by atoms with Crippen LogP contribution < -0.4 is 0 Å². The number of carboxylic acids is 1. The lowest BCUT2D eigenvalue weighted by atomic mass is 9.90. The summed E-state index contributed by atoms with van der Waals surface area (Å²) < 4.78 is 0.931. The number of hydrogen-bond acceptors (Lipinski definition) is 2. The maximum atomic E-state index is 12.4. The van der Waals surface area contributed by atoms with Gasteiger partial charge in [-0.05, 0) is 42.5 Å². The molecule has 0 aliphatic carbocycles. The Balaban J connectivity index is 1.96. The zero-order valence-corrected chi connectivity index (χ0v) is 14.7. The van der Waals surface area contributed by atoms with Crippen LogP contribution >= 0.6 is 27.5 Å². The SMILES string of the molecule is CC1CC(C(=O)O)CN(C(=O)CCc2cc(Cl)ccc2Br)C1. The number of carbonyl (C=O) groups excluding carboxylic acids is 1. The van der Waals surface area contributed by atoms with Gasteiger partial charge in [0.1, 0.15) is 0 Å². The standard InChI is InChI=1S/C16H19BrClNO3/c1-10-6-12(16(21)22)9-19(8-10)15(20)5-2-11-7-13(18)3-4-14(11)17/h3-4,7,10,12H,2,5-6,8-9H2,1H3,(H,21,22). The van der Waals surface area contributed by atoms with Crippen molar-refractivity contribution in [2.24, 2.45) is 11.8 Å². The van der Waals surface area contributed by atoms with E-state index in [4.69, 9.17) is 11.6 Å². The first-order valence-electron chi connectivity index (χ1n) is 7.31. The number of benzene rings is 1. The van der Waals surface area contributed by atoms with Gasteiger partial charge in [-0.1, -0.05) is 34.5 Å². The first-order chi connectivity index (χ1) is 10.4. The Kier molecular flexibility index (Phi) is 5.87. The molecule has 0 saturated carbocycles. The van der Waals surface area contributed by atoms with Crippen molar-refractivity contribution in [3.05, 3.63) is 33.3 Å². The molecule has 1 amide bonds. The first-order valence-corrected chi connectivity index (χ1v) is 8.48. The predicted octanol–water partition coefficient (Wildman–Crippen LogP) is 3.60. The third-order valence-electron chi connectivity index (χ3n) is 3.98. The summed E-state index contributed by atoms with van der Waals surface area (Å²) in [7, 11) is 0. The molecule has 120 valence electrons. The van der Waals surface area contributed by atoms with E-state index in [1.54, 1.807) is 11.0 Å². The molecular weight excluding hydrogens is 370 g/mol. The van der Waals surface area contributed by atoms with Crippen molar-refractivity contribution in [3.8, 4) is 0 Å². The maximum Gasteiger partial charge on any atom is 0.308 e. The number of halogens is 2. The second kappa shape index (κ2) is 7.47. The number of likely N-dealkylation sites (tertiary alicyclic amines) is 1. The van der Waals surface area contributed by atoms with E-state index in [0.29, 0.717) is 37.4 Å². The molecule has 1 aliphatic rings. The summed E-state index contributed by atoms with van der Waals surface area (Å²) in [5.74, 6) is -1.05. The van der Waals surface area contributed by atoms with E-state index < -0.39 is 11.9 Å². The van der Waals surface area contributed by atoms with Gasteiger partial charge >= 0.3 is 5.97 Å². The van der Waals surface area contributed by atoms with E-state index in [1.165, 1.54) is 0 Å². The van der Waals surface area contributed by atoms with E-state index in [2.05, 4.69) is 15.9 Å². The molecular formula is C16H19BrClNO3. The minimum atomic E-state index is -0.818. The number of rotatable bonds is 4. The second-order valence-electron chi connectivity index (χ2n) is 5.91. The number of carbonyl (C=O) groups is 2. The fourth-order valence-corrected chi connectivity index (χ4v) is 3.51. The van der Waals surface area contributed by atoms with Crippen LogP contribution in [-0.2, 0) is 16.0 Å². The summed E-state index contributed by atoms with van der Waals surface area (Å²) in [6, 6.07) is 5.50. The van der Waals surface area contributed by atoms with Crippen LogP contribution in [-0.4, -0.2) is 35.0 Å². The highest BCUT2D eigenvalue weighted by molar-refractivity contribution is 9.10. The number of nitrogens with zero attached hydrogens (tertiary/aromatic N) is 1. The molecule has 1 aromatic carbocycles. The van der Waals surface area contributed by atoms with Gasteiger partial charge in [-0.25, -0.2) is 0 Å². The molecule has 6 heteroatoms. The lowest BCUT2D eigenvalue weighted by Gasteiger charge is -2.34. The van der Waals surface area contributed by atoms with Gasteiger partial charge in [0.05, 0.1) is 5.92 Å². The second-order valence-corrected chi connectivity index (χ2v) is 7.20. The summed E-state index contributed by atoms with van der Waals surface area (Å²) in [5.41, 5.74) is 0.987. The van der Waals surface area contributed by atoms with Gasteiger partial charge < -0.3 is 10.0 Å². The number of aryl methyl sites for hydroxylation is 1. The van der Waals surface area contributed by atoms with Crippen molar-refractivity contribution in [1.29, 1.82) is 0 Å². The zero-order chi connectivity index (χ0) is 16.3. The Morgan fingerprint density at radius 2 is 2.14 bits per heavy atom. The Morgan fingerprint density at radius 1 is 1.41 bits per heavy atom. The minimum absolute atomic E-state index is 0.00433. The smallest absolute Gasteiger partial charge is 0.308 e. The van der Waals surface area contributed by atoms with Crippen LogP contribution in [0.1, 0.15) is 25.3 Å². The fourth-order valence-electron chi connectivity index (χ4n) is 2.87. The topological polar surface area (TPSA) is 57.6 Å². The highest BCUT2D eigenvalue weighted by Crippen LogP contribution is 2.25. The van der Waals surface area contributed by atoms with Gasteiger partial charge in [-0.15, -0.1) is 0 Å². The van der Waals surface area contributed by atoms with Crippen molar-refractivity contribution < 1.29 is 14.7 Å². The molecule has 2 rings (SSSR count). The molecule has 0 aromatic heterocycles. The third-order valence-corrected chi connectivity index (χ3v) is 4.99. The summed E-state index contributed by atoms with van der Waals surface area (Å²) in [4.78, 5) is 25.2. The third kappa shape index (κ3) is 4.46. The minimum Gasteiger partial charge on any atom is -0.481 e. The highest BCUT2D eigenvalue weighted by atomic mass is 79.9. The van der Waals surface area contributed by atoms with Crippen molar-refractivity contribution >= 4 is 39.4 Å². The van der Waals surface area contributed by atoms with Gasteiger partial charge in [-0.3, -0.25) is 9.59 Å². The zero-order valence-electron chi connectivity index (χ0n) is 12.4. The lowest BCUT2D eigenvalue weighted by Crippen LogP contribution is -2.45. The number of carboxylic acid groups (broad SMARTS) is 1. The van der Waals surface area contributed by atoms with Gasteiger partial charge in [0.2, 0.25) is 5.91 Å². The van der Waals surface area contributed by atoms with Gasteiger partial charge in [-0.2, -0.15) is 0 Å². The van der Waals surface area contributed by atoms with Gasteiger partial charge in [0, 0.05) is 29.0 Å². The maximum absolute atomic E-state index is 12.4. The molecule has 1 N–H and O–H groups in total. The molecule has 2 unspecified atom stereocenters. The molecule has 22 heavy (non-hydrogen) atoms. The van der Waals surface area contributed by atoms with E-state index in [1.807, 2.05) is 19.1 Å². The Bertz CT molecular complexity index is 579. The number of hydrogen-bond donors (Lipinski definition) is 1. The average Bonchev–Trinajstić information content (AvgIpc) is 2.47. The van der Waals surface area contributed by atoms with Crippen molar-refractivity contribution in [3.63, 3.8) is 0 Å². The molecule has 1 heterocycles. The van der Waals surface area contributed by atoms with E-state index in [0.717, 1.165) is 10.0 Å². The summed E-state index contributed by atoms with van der Waals surface area (Å²) in [6.07, 6.45) is 1.58. The highest BCUT2D eigenvalue weighted by Gasteiger charge is 2.31. The van der Waals surface area contributed by atoms with Crippen molar-refractivity contribution in [1.82, 2.24) is 4.90 Å². The Morgan fingerprint density at radius 3 is 2.82 bits per heavy atom. The van der Waals surface area contributed by atoms with Crippen LogP contribution in [0.25, 0.3) is 0 Å². The molecule has 0 bridgehead atoms. The summed E-state index contributed by atoms with van der Waals surface area (Å²) in [6.45, 7) is 2.94. The van der Waals surface area contributed by atoms with Crippen LogP contribution in [0.5, 0.6) is 0 Å². The van der Waals surface area contributed by atoms with Crippen LogP contribution in [0.15, 0.2) is 22.7 Å². The molecule has 0 spiro atoms. The Labute approximate surface area is 143 Å². The molecule has 1 saturated heterocycles. The quantitative estimate of drug-likeness (QED) is 0.857. The van der Waals surface area contributed by atoms with Crippen LogP contribution in [0, 0.1) is 11.8 Å². The van der Waals surface area contributed by atoms with E-state index in [-0.39, 0.29) is 11.8 Å². The van der Waals surface area contributed by atoms with E-state index in [9.17, 15) is 14.7 Å². The first kappa shape index (κ1) is 17.3. The summed E-state index contributed by atoms with van der Waals surface area (Å²) in [5, 5.41) is 9.81. The van der Waals surface area contributed by atoms with Crippen LogP contribution in [0.2, 0.25) is 5.02 Å². The van der Waals surface area contributed by atoms with Crippen molar-refractivity contribution in [2.75, 3.05) is 13.1 Å². The van der Waals surface area contributed by atoms with Crippen LogP contribution in [0.3, 0.4) is 0 Å². The number of piperidine rings is 1. The molecule has 0 radical (unpaired) electrons. The fraction of sp³-hybridized carbons (Fsp3) is 0.500. The van der Waals surface area contributed by atoms with Crippen LogP contribution in [0.4, 0.5) is 0 Å². The largest absolute Gasteiger partial charge is 0.481 e. The van der Waals surface area contributed by atoms with E-state index >= 15 is 0 Å². The summed E-state index contributed by atoms with van der Waals surface area (Å²) >= 11 is 9.43. The molecule has 1 aliphatic heterocycles. The Hall–Kier alpha value is -1.07. The van der Waals surface area contributed by atoms with Gasteiger partial charge in [0.15, 0.2) is 0 Å². The lowest BCUT2D eigenvalue weighted by molar-refractivity contribution is -0.146. The van der Waals surface area contributed by atoms with Gasteiger partial charge in [0.25, 0.3) is 0 Å². The predicted molar refractivity (Wildman–Crippen MR) is 89.0 cm³/mol. The molecule has 4 nitrogen and oxygen atoms in total.